The highest BCUT2D eigenvalue weighted by Gasteiger charge is 1.95. The van der Waals surface area contributed by atoms with Gasteiger partial charge >= 0.3 is 0 Å². The van der Waals surface area contributed by atoms with Crippen LogP contribution in [0.15, 0.2) is 42.5 Å². The summed E-state index contributed by atoms with van der Waals surface area (Å²) in [4.78, 5) is 0. The van der Waals surface area contributed by atoms with Crippen LogP contribution in [-0.2, 0) is 6.32 Å². The minimum Gasteiger partial charge on any atom is -0.0616 e. The van der Waals surface area contributed by atoms with Crippen LogP contribution < -0.4 is 0 Å². The lowest BCUT2D eigenvalue weighted by molar-refractivity contribution is 1.45. The van der Waals surface area contributed by atoms with Crippen molar-refractivity contribution in [2.75, 3.05) is 0 Å². The van der Waals surface area contributed by atoms with E-state index in [1.165, 1.54) is 16.3 Å². The summed E-state index contributed by atoms with van der Waals surface area (Å²) in [6, 6.07) is 14.8. The second kappa shape index (κ2) is 3.02. The molecule has 2 aromatic rings. The molecule has 1 heteroatoms. The van der Waals surface area contributed by atoms with Crippen molar-refractivity contribution >= 4 is 18.6 Å². The normalized spacial score (nSPS) is 10.3. The summed E-state index contributed by atoms with van der Waals surface area (Å²) in [5.41, 5.74) is 1.33. The highest BCUT2D eigenvalue weighted by atomic mass is 14.0. The monoisotopic (exact) mass is 153 g/mol. The topological polar surface area (TPSA) is 0 Å². The fraction of sp³-hybridized carbons (Fsp3) is 0.0909. The highest BCUT2D eigenvalue weighted by molar-refractivity contribution is 6.09. The van der Waals surface area contributed by atoms with E-state index in [0.717, 1.165) is 6.32 Å². The Labute approximate surface area is 73.6 Å². The molecular formula is C11H10B. The Balaban J connectivity index is 2.79. The van der Waals surface area contributed by atoms with Crippen LogP contribution in [0.3, 0.4) is 0 Å². The van der Waals surface area contributed by atoms with Gasteiger partial charge in [-0.25, -0.2) is 0 Å². The van der Waals surface area contributed by atoms with Gasteiger partial charge in [-0.1, -0.05) is 48.8 Å². The van der Waals surface area contributed by atoms with Crippen LogP contribution in [0.2, 0.25) is 0 Å². The van der Waals surface area contributed by atoms with Gasteiger partial charge in [-0.15, -0.1) is 0 Å². The lowest BCUT2D eigenvalue weighted by Crippen LogP contribution is -1.84. The van der Waals surface area contributed by atoms with Gasteiger partial charge in [0.15, 0.2) is 0 Å². The van der Waals surface area contributed by atoms with E-state index >= 15 is 0 Å². The first kappa shape index (κ1) is 7.42. The van der Waals surface area contributed by atoms with Gasteiger partial charge in [-0.3, -0.25) is 0 Å². The zero-order chi connectivity index (χ0) is 8.39. The summed E-state index contributed by atoms with van der Waals surface area (Å²) < 4.78 is 0. The molecule has 2 rings (SSSR count). The highest BCUT2D eigenvalue weighted by Crippen LogP contribution is 2.17. The Morgan fingerprint density at radius 1 is 0.917 bits per heavy atom. The number of hydrogen-bond acceptors (Lipinski definition) is 0. The molecule has 0 aliphatic rings. The van der Waals surface area contributed by atoms with Crippen LogP contribution >= 0.6 is 0 Å². The van der Waals surface area contributed by atoms with E-state index in [9.17, 15) is 0 Å². The van der Waals surface area contributed by atoms with E-state index in [2.05, 4.69) is 50.3 Å². The van der Waals surface area contributed by atoms with Crippen LogP contribution in [0, 0.1) is 0 Å². The lowest BCUT2D eigenvalue weighted by Gasteiger charge is -2.02. The maximum absolute atomic E-state index is 3.91. The summed E-state index contributed by atoms with van der Waals surface area (Å²) in [6.45, 7) is 0. The summed E-state index contributed by atoms with van der Waals surface area (Å²) in [5, 5.41) is 2.63. The zero-order valence-corrected chi connectivity index (χ0v) is 6.96. The first-order valence-corrected chi connectivity index (χ1v) is 4.17. The summed E-state index contributed by atoms with van der Waals surface area (Å²) >= 11 is 0. The Hall–Kier alpha value is -1.24. The van der Waals surface area contributed by atoms with Crippen molar-refractivity contribution in [3.05, 3.63) is 48.0 Å². The zero-order valence-electron chi connectivity index (χ0n) is 6.96. The Morgan fingerprint density at radius 2 is 1.67 bits per heavy atom. The van der Waals surface area contributed by atoms with Crippen LogP contribution in [0.25, 0.3) is 10.8 Å². The molecule has 0 spiro atoms. The van der Waals surface area contributed by atoms with Gasteiger partial charge in [0.2, 0.25) is 0 Å². The number of fused-ring (bicyclic) bond motifs is 1. The van der Waals surface area contributed by atoms with Crippen molar-refractivity contribution in [3.8, 4) is 0 Å². The number of hydrogen-bond donors (Lipinski definition) is 0. The molecule has 1 radical (unpaired) electrons. The maximum Gasteiger partial charge on any atom is 0.0925 e. The minimum absolute atomic E-state index is 0.862. The van der Waals surface area contributed by atoms with Crippen molar-refractivity contribution in [1.29, 1.82) is 0 Å². The molecule has 0 saturated carbocycles. The second-order valence-electron chi connectivity index (χ2n) is 2.89. The second-order valence-corrected chi connectivity index (χ2v) is 2.89. The van der Waals surface area contributed by atoms with Crippen molar-refractivity contribution in [2.45, 2.75) is 6.32 Å². The van der Waals surface area contributed by atoms with Crippen molar-refractivity contribution < 1.29 is 0 Å². The largest absolute Gasteiger partial charge is 0.0925 e. The van der Waals surface area contributed by atoms with Gasteiger partial charge in [0.25, 0.3) is 0 Å². The summed E-state index contributed by atoms with van der Waals surface area (Å²) in [7, 11) is 3.91. The summed E-state index contributed by atoms with van der Waals surface area (Å²) in [6.07, 6.45) is 0.862. The molecule has 57 valence electrons. The van der Waals surface area contributed by atoms with Crippen LogP contribution in [0.1, 0.15) is 5.56 Å². The predicted octanol–water partition coefficient (Wildman–Crippen LogP) is 2.24. The molecule has 0 fully saturated rings. The van der Waals surface area contributed by atoms with Crippen LogP contribution in [-0.4, -0.2) is 7.85 Å². The molecule has 2 aromatic carbocycles. The van der Waals surface area contributed by atoms with Gasteiger partial charge in [-0.2, -0.15) is 0 Å². The summed E-state index contributed by atoms with van der Waals surface area (Å²) in [5.74, 6) is 0. The smallest absolute Gasteiger partial charge is 0.0616 e. The molecule has 0 amide bonds. The fourth-order valence-electron chi connectivity index (χ4n) is 1.51. The van der Waals surface area contributed by atoms with Gasteiger partial charge in [0.05, 0.1) is 7.85 Å². The van der Waals surface area contributed by atoms with Gasteiger partial charge in [0, 0.05) is 0 Å². The fourth-order valence-corrected chi connectivity index (χ4v) is 1.51. The van der Waals surface area contributed by atoms with Crippen molar-refractivity contribution in [2.24, 2.45) is 0 Å². The van der Waals surface area contributed by atoms with Crippen molar-refractivity contribution in [3.63, 3.8) is 0 Å². The van der Waals surface area contributed by atoms with E-state index in [-0.39, 0.29) is 0 Å². The molecule has 0 saturated heterocycles. The predicted molar refractivity (Wildman–Crippen MR) is 54.8 cm³/mol. The van der Waals surface area contributed by atoms with Gasteiger partial charge in [0.1, 0.15) is 0 Å². The Bertz CT molecular complexity index is 388. The van der Waals surface area contributed by atoms with Crippen LogP contribution in [0.4, 0.5) is 0 Å². The molecular weight excluding hydrogens is 143 g/mol. The lowest BCUT2D eigenvalue weighted by atomic mass is 9.92. The number of rotatable bonds is 1. The third-order valence-electron chi connectivity index (χ3n) is 2.15. The maximum atomic E-state index is 3.91. The molecule has 0 aliphatic heterocycles. The van der Waals surface area contributed by atoms with Gasteiger partial charge < -0.3 is 0 Å². The van der Waals surface area contributed by atoms with Crippen LogP contribution in [0.5, 0.6) is 0 Å². The van der Waals surface area contributed by atoms with Gasteiger partial charge in [-0.05, 0) is 16.3 Å². The quantitative estimate of drug-likeness (QED) is 0.551. The molecule has 0 N–H and O–H groups in total. The standard InChI is InChI=1S/C11H10B/c12-8-10-6-3-5-9-4-1-2-7-11(9)10/h1-7,12H,8H2. The van der Waals surface area contributed by atoms with E-state index in [4.69, 9.17) is 0 Å². The van der Waals surface area contributed by atoms with Crippen molar-refractivity contribution in [1.82, 2.24) is 0 Å². The minimum atomic E-state index is 0.862. The first-order chi connectivity index (χ1) is 5.92. The average Bonchev–Trinajstić information content (AvgIpc) is 2.17. The average molecular weight is 153 g/mol. The molecule has 0 unspecified atom stereocenters. The third-order valence-corrected chi connectivity index (χ3v) is 2.15. The van der Waals surface area contributed by atoms with E-state index in [1.807, 2.05) is 0 Å². The molecule has 0 aromatic heterocycles. The van der Waals surface area contributed by atoms with E-state index in [0.29, 0.717) is 0 Å². The molecule has 0 heterocycles. The van der Waals surface area contributed by atoms with E-state index in [1.54, 1.807) is 0 Å². The molecule has 0 nitrogen and oxygen atoms in total. The molecule has 0 aliphatic carbocycles. The molecule has 0 atom stereocenters. The Kier molecular flexibility index (Phi) is 1.87. The molecule has 0 bridgehead atoms. The third kappa shape index (κ3) is 1.12. The molecule has 12 heavy (non-hydrogen) atoms. The van der Waals surface area contributed by atoms with E-state index < -0.39 is 0 Å². The SMILES string of the molecule is [BH]Cc1cccc2ccccc12. The Morgan fingerprint density at radius 3 is 2.50 bits per heavy atom. The number of benzene rings is 2. The first-order valence-electron chi connectivity index (χ1n) is 4.17.